The molecule has 1 aromatic heterocycles. The summed E-state index contributed by atoms with van der Waals surface area (Å²) in [5.74, 6) is 0.358. The van der Waals surface area contributed by atoms with E-state index in [1.54, 1.807) is 11.3 Å². The number of thiophene rings is 1. The molecule has 1 amide bonds. The van der Waals surface area contributed by atoms with Gasteiger partial charge in [-0.3, -0.25) is 4.79 Å². The highest BCUT2D eigenvalue weighted by molar-refractivity contribution is 7.09. The number of nitrogens with zero attached hydrogens (tertiary/aromatic N) is 1. The molecular formula is C13H19NOS. The van der Waals surface area contributed by atoms with Crippen molar-refractivity contribution in [1.82, 2.24) is 4.90 Å². The maximum absolute atomic E-state index is 11.9. The van der Waals surface area contributed by atoms with E-state index in [2.05, 4.69) is 17.5 Å². The molecule has 1 aromatic rings. The Balaban J connectivity index is 1.67. The third-order valence-electron chi connectivity index (χ3n) is 3.10. The zero-order valence-electron chi connectivity index (χ0n) is 9.65. The summed E-state index contributed by atoms with van der Waals surface area (Å²) in [6.07, 6.45) is 6.44. The number of hydrogen-bond donors (Lipinski definition) is 0. The van der Waals surface area contributed by atoms with Gasteiger partial charge in [-0.25, -0.2) is 0 Å². The zero-order chi connectivity index (χ0) is 11.2. The summed E-state index contributed by atoms with van der Waals surface area (Å²) in [5, 5.41) is 2.10. The number of piperidine rings is 1. The second-order valence-electron chi connectivity index (χ2n) is 4.37. The lowest BCUT2D eigenvalue weighted by molar-refractivity contribution is -0.132. The summed E-state index contributed by atoms with van der Waals surface area (Å²) in [5.41, 5.74) is 0. The summed E-state index contributed by atoms with van der Waals surface area (Å²) in [6, 6.07) is 4.22. The molecule has 0 saturated carbocycles. The van der Waals surface area contributed by atoms with Crippen molar-refractivity contribution < 1.29 is 4.79 Å². The van der Waals surface area contributed by atoms with Crippen molar-refractivity contribution in [3.63, 3.8) is 0 Å². The van der Waals surface area contributed by atoms with Gasteiger partial charge >= 0.3 is 0 Å². The Morgan fingerprint density at radius 1 is 1.31 bits per heavy atom. The van der Waals surface area contributed by atoms with Crippen LogP contribution in [0, 0.1) is 0 Å². The minimum absolute atomic E-state index is 0.358. The van der Waals surface area contributed by atoms with Gasteiger partial charge < -0.3 is 4.90 Å². The Labute approximate surface area is 101 Å². The van der Waals surface area contributed by atoms with Crippen LogP contribution in [0.3, 0.4) is 0 Å². The molecule has 0 atom stereocenters. The van der Waals surface area contributed by atoms with Crippen molar-refractivity contribution in [3.05, 3.63) is 22.4 Å². The third-order valence-corrected chi connectivity index (χ3v) is 4.04. The summed E-state index contributed by atoms with van der Waals surface area (Å²) in [6.45, 7) is 1.97. The number of rotatable bonds is 4. The molecule has 2 rings (SSSR count). The molecule has 0 N–H and O–H groups in total. The summed E-state index contributed by atoms with van der Waals surface area (Å²) in [4.78, 5) is 15.3. The summed E-state index contributed by atoms with van der Waals surface area (Å²) >= 11 is 1.79. The van der Waals surface area contributed by atoms with Crippen molar-refractivity contribution in [2.24, 2.45) is 0 Å². The zero-order valence-corrected chi connectivity index (χ0v) is 10.5. The lowest BCUT2D eigenvalue weighted by atomic mass is 10.1. The van der Waals surface area contributed by atoms with Crippen molar-refractivity contribution in [2.45, 2.75) is 38.5 Å². The van der Waals surface area contributed by atoms with Gasteiger partial charge in [0.1, 0.15) is 0 Å². The highest BCUT2D eigenvalue weighted by Gasteiger charge is 2.15. The van der Waals surface area contributed by atoms with Crippen LogP contribution in [0.2, 0.25) is 0 Å². The van der Waals surface area contributed by atoms with Crippen molar-refractivity contribution in [1.29, 1.82) is 0 Å². The van der Waals surface area contributed by atoms with E-state index in [1.807, 2.05) is 4.90 Å². The Morgan fingerprint density at radius 3 is 2.81 bits per heavy atom. The second-order valence-corrected chi connectivity index (χ2v) is 5.41. The first-order valence-electron chi connectivity index (χ1n) is 6.16. The van der Waals surface area contributed by atoms with Crippen molar-refractivity contribution in [2.75, 3.05) is 13.1 Å². The molecule has 0 aliphatic carbocycles. The average Bonchev–Trinajstić information content (AvgIpc) is 2.83. The fraction of sp³-hybridized carbons (Fsp3) is 0.615. The largest absolute Gasteiger partial charge is 0.343 e. The third kappa shape index (κ3) is 3.34. The van der Waals surface area contributed by atoms with Gasteiger partial charge in [0.15, 0.2) is 0 Å². The quantitative estimate of drug-likeness (QED) is 0.788. The Kier molecular flexibility index (Phi) is 4.40. The van der Waals surface area contributed by atoms with Crippen LogP contribution < -0.4 is 0 Å². The maximum atomic E-state index is 11.9. The van der Waals surface area contributed by atoms with Crippen LogP contribution in [-0.4, -0.2) is 23.9 Å². The van der Waals surface area contributed by atoms with E-state index < -0.39 is 0 Å². The minimum Gasteiger partial charge on any atom is -0.343 e. The number of carbonyl (C=O) groups is 1. The average molecular weight is 237 g/mol. The first-order valence-corrected chi connectivity index (χ1v) is 7.04. The van der Waals surface area contributed by atoms with Gasteiger partial charge in [0, 0.05) is 24.4 Å². The monoisotopic (exact) mass is 237 g/mol. The fourth-order valence-electron chi connectivity index (χ4n) is 2.17. The van der Waals surface area contributed by atoms with Crippen LogP contribution in [0.25, 0.3) is 0 Å². The van der Waals surface area contributed by atoms with Crippen LogP contribution in [0.5, 0.6) is 0 Å². The van der Waals surface area contributed by atoms with E-state index in [1.165, 1.54) is 24.1 Å². The molecular weight excluding hydrogens is 218 g/mol. The molecule has 0 radical (unpaired) electrons. The number of likely N-dealkylation sites (tertiary alicyclic amines) is 1. The molecule has 3 heteroatoms. The molecule has 1 aliphatic rings. The number of carbonyl (C=O) groups excluding carboxylic acids is 1. The fourth-order valence-corrected chi connectivity index (χ4v) is 2.92. The molecule has 1 saturated heterocycles. The summed E-state index contributed by atoms with van der Waals surface area (Å²) < 4.78 is 0. The highest BCUT2D eigenvalue weighted by atomic mass is 32.1. The molecule has 0 aromatic carbocycles. The van der Waals surface area contributed by atoms with Gasteiger partial charge in [0.2, 0.25) is 5.91 Å². The van der Waals surface area contributed by atoms with Gasteiger partial charge in [-0.2, -0.15) is 0 Å². The number of hydrogen-bond acceptors (Lipinski definition) is 2. The lowest BCUT2D eigenvalue weighted by Crippen LogP contribution is -2.35. The first kappa shape index (κ1) is 11.6. The molecule has 0 unspecified atom stereocenters. The standard InChI is InChI=1S/C13H19NOS/c15-13(14-9-2-1-3-10-14)8-4-6-12-7-5-11-16-12/h5,7,11H,1-4,6,8-10H2. The summed E-state index contributed by atoms with van der Waals surface area (Å²) in [7, 11) is 0. The van der Waals surface area contributed by atoms with Crippen LogP contribution in [0.15, 0.2) is 17.5 Å². The first-order chi connectivity index (χ1) is 7.86. The molecule has 1 aliphatic heterocycles. The number of aryl methyl sites for hydroxylation is 1. The lowest BCUT2D eigenvalue weighted by Gasteiger charge is -2.26. The van der Waals surface area contributed by atoms with E-state index in [9.17, 15) is 4.79 Å². The number of amides is 1. The molecule has 2 heterocycles. The Bertz CT molecular complexity index is 315. The molecule has 16 heavy (non-hydrogen) atoms. The van der Waals surface area contributed by atoms with E-state index in [0.29, 0.717) is 5.91 Å². The SMILES string of the molecule is O=C(CCCc1cccs1)N1CCCCC1. The minimum atomic E-state index is 0.358. The second kappa shape index (κ2) is 6.04. The predicted octanol–water partition coefficient (Wildman–Crippen LogP) is 3.08. The van der Waals surface area contributed by atoms with E-state index in [0.717, 1.165) is 32.4 Å². The van der Waals surface area contributed by atoms with Gasteiger partial charge in [0.25, 0.3) is 0 Å². The van der Waals surface area contributed by atoms with Crippen molar-refractivity contribution in [3.8, 4) is 0 Å². The molecule has 0 spiro atoms. The van der Waals surface area contributed by atoms with Gasteiger partial charge in [-0.15, -0.1) is 11.3 Å². The predicted molar refractivity (Wildman–Crippen MR) is 67.7 cm³/mol. The van der Waals surface area contributed by atoms with Gasteiger partial charge in [-0.1, -0.05) is 6.07 Å². The van der Waals surface area contributed by atoms with E-state index in [4.69, 9.17) is 0 Å². The topological polar surface area (TPSA) is 20.3 Å². The molecule has 1 fully saturated rings. The Morgan fingerprint density at radius 2 is 2.12 bits per heavy atom. The normalized spacial score (nSPS) is 16.4. The van der Waals surface area contributed by atoms with Gasteiger partial charge in [-0.05, 0) is 43.6 Å². The van der Waals surface area contributed by atoms with Crippen LogP contribution in [-0.2, 0) is 11.2 Å². The van der Waals surface area contributed by atoms with Crippen molar-refractivity contribution >= 4 is 17.2 Å². The molecule has 0 bridgehead atoms. The Hall–Kier alpha value is -0.830. The smallest absolute Gasteiger partial charge is 0.222 e. The van der Waals surface area contributed by atoms with Crippen LogP contribution in [0.4, 0.5) is 0 Å². The van der Waals surface area contributed by atoms with E-state index in [-0.39, 0.29) is 0 Å². The van der Waals surface area contributed by atoms with E-state index >= 15 is 0 Å². The molecule has 88 valence electrons. The van der Waals surface area contributed by atoms with Gasteiger partial charge in [0.05, 0.1) is 0 Å². The molecule has 2 nitrogen and oxygen atoms in total. The maximum Gasteiger partial charge on any atom is 0.222 e. The highest BCUT2D eigenvalue weighted by Crippen LogP contribution is 2.14. The van der Waals surface area contributed by atoms with Crippen LogP contribution in [0.1, 0.15) is 37.0 Å². The van der Waals surface area contributed by atoms with Crippen LogP contribution >= 0.6 is 11.3 Å².